The van der Waals surface area contributed by atoms with Crippen molar-refractivity contribution >= 4 is 16.9 Å². The van der Waals surface area contributed by atoms with Gasteiger partial charge >= 0.3 is 5.97 Å². The Hall–Kier alpha value is -2.72. The maximum atomic E-state index is 13.0. The molecular weight excluding hydrogens is 384 g/mol. The molecule has 6 rings (SSSR count). The van der Waals surface area contributed by atoms with Crippen molar-refractivity contribution in [3.8, 4) is 0 Å². The van der Waals surface area contributed by atoms with Crippen molar-refractivity contribution in [1.29, 1.82) is 0 Å². The molecule has 3 aliphatic heterocycles. The lowest BCUT2D eigenvalue weighted by atomic mass is 9.72. The molecule has 3 aliphatic rings. The number of esters is 1. The highest BCUT2D eigenvalue weighted by molar-refractivity contribution is 5.83. The lowest BCUT2D eigenvalue weighted by Gasteiger charge is -2.51. The molecule has 2 bridgehead atoms. The van der Waals surface area contributed by atoms with Crippen molar-refractivity contribution in [3.05, 3.63) is 78.0 Å². The highest BCUT2D eigenvalue weighted by atomic mass is 16.5. The van der Waals surface area contributed by atoms with E-state index < -0.39 is 0 Å². The standard InChI is InChI=1S/C27H30N2O2/c1-2-20-18-29-15-13-21(20)17-25(29)27(31-26(30)16-19-8-4-3-5-9-19)23-12-14-28-24-11-7-6-10-22(23)24/h3-12,14,20-21,25,27H,2,13,15-18H2,1H3/t20-,21-,25+,27-/m0/s1. The van der Waals surface area contributed by atoms with Crippen LogP contribution in [0.2, 0.25) is 0 Å². The van der Waals surface area contributed by atoms with Crippen LogP contribution in [0.15, 0.2) is 66.9 Å². The van der Waals surface area contributed by atoms with Gasteiger partial charge in [0.1, 0.15) is 6.10 Å². The molecule has 4 nitrogen and oxygen atoms in total. The number of ether oxygens (including phenoxy) is 1. The van der Waals surface area contributed by atoms with Gasteiger partial charge in [-0.3, -0.25) is 14.7 Å². The molecule has 0 radical (unpaired) electrons. The van der Waals surface area contributed by atoms with E-state index in [0.29, 0.717) is 6.42 Å². The minimum absolute atomic E-state index is 0.160. The summed E-state index contributed by atoms with van der Waals surface area (Å²) in [6.45, 7) is 4.51. The number of pyridine rings is 1. The summed E-state index contributed by atoms with van der Waals surface area (Å²) < 4.78 is 6.30. The Kier molecular flexibility index (Phi) is 5.73. The number of hydrogen-bond acceptors (Lipinski definition) is 4. The molecule has 3 saturated heterocycles. The van der Waals surface area contributed by atoms with Crippen molar-refractivity contribution in [2.75, 3.05) is 13.1 Å². The number of para-hydroxylation sites is 1. The maximum absolute atomic E-state index is 13.0. The molecule has 3 fully saturated rings. The fourth-order valence-corrected chi connectivity index (χ4v) is 5.62. The van der Waals surface area contributed by atoms with Gasteiger partial charge < -0.3 is 4.74 Å². The Morgan fingerprint density at radius 1 is 1.13 bits per heavy atom. The first-order chi connectivity index (χ1) is 15.2. The van der Waals surface area contributed by atoms with Gasteiger partial charge in [-0.05, 0) is 48.9 Å². The van der Waals surface area contributed by atoms with Crippen LogP contribution in [0.1, 0.15) is 43.4 Å². The number of benzene rings is 2. The molecule has 3 aromatic rings. The summed E-state index contributed by atoms with van der Waals surface area (Å²) in [7, 11) is 0. The Morgan fingerprint density at radius 2 is 1.94 bits per heavy atom. The van der Waals surface area contributed by atoms with Crippen molar-refractivity contribution in [1.82, 2.24) is 9.88 Å². The van der Waals surface area contributed by atoms with Gasteiger partial charge in [-0.25, -0.2) is 0 Å². The van der Waals surface area contributed by atoms with Crippen molar-refractivity contribution in [3.63, 3.8) is 0 Å². The molecule has 1 aromatic heterocycles. The molecule has 5 atom stereocenters. The maximum Gasteiger partial charge on any atom is 0.310 e. The second kappa shape index (κ2) is 8.80. The highest BCUT2D eigenvalue weighted by Crippen LogP contribution is 2.44. The van der Waals surface area contributed by atoms with Crippen LogP contribution in [-0.4, -0.2) is 35.0 Å². The first kappa shape index (κ1) is 20.2. The van der Waals surface area contributed by atoms with E-state index in [1.54, 1.807) is 0 Å². The van der Waals surface area contributed by atoms with E-state index >= 15 is 0 Å². The summed E-state index contributed by atoms with van der Waals surface area (Å²) in [5.74, 6) is 1.33. The quantitative estimate of drug-likeness (QED) is 0.521. The summed E-state index contributed by atoms with van der Waals surface area (Å²) in [4.78, 5) is 20.2. The molecule has 4 heteroatoms. The Morgan fingerprint density at radius 3 is 2.71 bits per heavy atom. The minimum atomic E-state index is -0.273. The normalized spacial score (nSPS) is 26.0. The van der Waals surface area contributed by atoms with Gasteiger partial charge in [0, 0.05) is 23.7 Å². The summed E-state index contributed by atoms with van der Waals surface area (Å²) in [5.41, 5.74) is 3.02. The summed E-state index contributed by atoms with van der Waals surface area (Å²) in [6, 6.07) is 20.3. The van der Waals surface area contributed by atoms with Crippen LogP contribution in [0.5, 0.6) is 0 Å². The molecule has 0 aliphatic carbocycles. The second-order valence-electron chi connectivity index (χ2n) is 9.01. The summed E-state index contributed by atoms with van der Waals surface area (Å²) >= 11 is 0. The van der Waals surface area contributed by atoms with Crippen LogP contribution >= 0.6 is 0 Å². The predicted octanol–water partition coefficient (Wildman–Crippen LogP) is 5.18. The Bertz CT molecular complexity index is 1050. The van der Waals surface area contributed by atoms with Crippen molar-refractivity contribution in [2.45, 2.75) is 44.8 Å². The SMILES string of the molecule is CC[C@H]1CN2CC[C@H]1C[C@@H]2[C@@H](OC(=O)Cc1ccccc1)c1ccnc2ccccc12. The lowest BCUT2D eigenvalue weighted by Crippen LogP contribution is -2.55. The molecule has 160 valence electrons. The lowest BCUT2D eigenvalue weighted by molar-refractivity contribution is -0.157. The monoisotopic (exact) mass is 414 g/mol. The van der Waals surface area contributed by atoms with E-state index in [4.69, 9.17) is 4.74 Å². The molecule has 31 heavy (non-hydrogen) atoms. The third kappa shape index (κ3) is 4.09. The molecule has 2 aromatic carbocycles. The number of carbonyl (C=O) groups excluding carboxylic acids is 1. The van der Waals surface area contributed by atoms with Gasteiger partial charge in [-0.15, -0.1) is 0 Å². The average molecular weight is 415 g/mol. The number of nitrogens with zero attached hydrogens (tertiary/aromatic N) is 2. The molecule has 0 saturated carbocycles. The number of carbonyl (C=O) groups is 1. The van der Waals surface area contributed by atoms with Gasteiger partial charge in [0.05, 0.1) is 18.0 Å². The summed E-state index contributed by atoms with van der Waals surface area (Å²) in [6.07, 6.45) is 5.46. The zero-order valence-electron chi connectivity index (χ0n) is 18.1. The van der Waals surface area contributed by atoms with E-state index in [9.17, 15) is 4.79 Å². The smallest absolute Gasteiger partial charge is 0.310 e. The van der Waals surface area contributed by atoms with E-state index in [-0.39, 0.29) is 18.1 Å². The van der Waals surface area contributed by atoms with Crippen LogP contribution in [0.25, 0.3) is 10.9 Å². The number of rotatable bonds is 6. The van der Waals surface area contributed by atoms with Gasteiger partial charge in [-0.2, -0.15) is 0 Å². The van der Waals surface area contributed by atoms with Crippen LogP contribution in [0.3, 0.4) is 0 Å². The number of hydrogen-bond donors (Lipinski definition) is 0. The zero-order valence-corrected chi connectivity index (χ0v) is 18.1. The minimum Gasteiger partial charge on any atom is -0.456 e. The number of aromatic nitrogens is 1. The van der Waals surface area contributed by atoms with Crippen LogP contribution in [-0.2, 0) is 16.0 Å². The third-order valence-corrected chi connectivity index (χ3v) is 7.25. The predicted molar refractivity (Wildman–Crippen MR) is 123 cm³/mol. The number of piperidine rings is 3. The fraction of sp³-hybridized carbons (Fsp3) is 0.407. The van der Waals surface area contributed by atoms with E-state index in [0.717, 1.165) is 53.4 Å². The van der Waals surface area contributed by atoms with Gasteiger partial charge in [0.25, 0.3) is 0 Å². The number of fused-ring (bicyclic) bond motifs is 4. The Labute approximate surface area is 184 Å². The summed E-state index contributed by atoms with van der Waals surface area (Å²) in [5, 5.41) is 1.08. The highest BCUT2D eigenvalue weighted by Gasteiger charge is 2.44. The Balaban J connectivity index is 1.48. The first-order valence-corrected chi connectivity index (χ1v) is 11.5. The molecule has 4 heterocycles. The van der Waals surface area contributed by atoms with Crippen LogP contribution < -0.4 is 0 Å². The van der Waals surface area contributed by atoms with E-state index in [1.807, 2.05) is 60.8 Å². The average Bonchev–Trinajstić information content (AvgIpc) is 2.83. The van der Waals surface area contributed by atoms with E-state index in [1.165, 1.54) is 12.8 Å². The fourth-order valence-electron chi connectivity index (χ4n) is 5.62. The van der Waals surface area contributed by atoms with Crippen molar-refractivity contribution in [2.24, 2.45) is 11.8 Å². The molecule has 0 spiro atoms. The van der Waals surface area contributed by atoms with Crippen LogP contribution in [0.4, 0.5) is 0 Å². The second-order valence-corrected chi connectivity index (χ2v) is 9.01. The largest absolute Gasteiger partial charge is 0.456 e. The topological polar surface area (TPSA) is 42.4 Å². The molecular formula is C27H30N2O2. The molecule has 1 unspecified atom stereocenters. The zero-order chi connectivity index (χ0) is 21.2. The molecule has 0 N–H and O–H groups in total. The van der Waals surface area contributed by atoms with Gasteiger partial charge in [0.2, 0.25) is 0 Å². The molecule has 0 amide bonds. The van der Waals surface area contributed by atoms with Gasteiger partial charge in [-0.1, -0.05) is 61.9 Å². The third-order valence-electron chi connectivity index (χ3n) is 7.25. The van der Waals surface area contributed by atoms with Crippen molar-refractivity contribution < 1.29 is 9.53 Å². The van der Waals surface area contributed by atoms with E-state index in [2.05, 4.69) is 22.9 Å². The van der Waals surface area contributed by atoms with Gasteiger partial charge in [0.15, 0.2) is 0 Å². The first-order valence-electron chi connectivity index (χ1n) is 11.5. The van der Waals surface area contributed by atoms with Crippen LogP contribution in [0, 0.1) is 11.8 Å².